The van der Waals surface area contributed by atoms with Crippen LogP contribution in [0.4, 0.5) is 0 Å². The lowest BCUT2D eigenvalue weighted by atomic mass is 10.1. The average Bonchev–Trinajstić information content (AvgIpc) is 2.94. The van der Waals surface area contributed by atoms with Crippen LogP contribution in [0.3, 0.4) is 0 Å². The Bertz CT molecular complexity index is 989. The van der Waals surface area contributed by atoms with E-state index in [1.54, 1.807) is 0 Å². The maximum absolute atomic E-state index is 8.89. The number of nitrogens with zero attached hydrogens (tertiary/aromatic N) is 2. The Hall–Kier alpha value is -3.12. The van der Waals surface area contributed by atoms with Crippen molar-refractivity contribution < 1.29 is 0 Å². The van der Waals surface area contributed by atoms with E-state index in [1.165, 1.54) is 10.8 Å². The Morgan fingerprint density at radius 3 is 2.52 bits per heavy atom. The highest BCUT2D eigenvalue weighted by atomic mass is 14.8. The topological polar surface area (TPSA) is 52.5 Å². The smallest absolute Gasteiger partial charge is 0.0991 e. The van der Waals surface area contributed by atoms with E-state index in [9.17, 15) is 0 Å². The summed E-state index contributed by atoms with van der Waals surface area (Å²) in [6.07, 6.45) is 1.83. The number of hydrogen-bond donors (Lipinski definition) is 1. The first-order valence-electron chi connectivity index (χ1n) is 6.73. The molecule has 3 heteroatoms. The number of nitriles is 1. The van der Waals surface area contributed by atoms with Gasteiger partial charge in [0.05, 0.1) is 22.8 Å². The summed E-state index contributed by atoms with van der Waals surface area (Å²) < 4.78 is 0. The van der Waals surface area contributed by atoms with E-state index in [1.807, 2.05) is 48.7 Å². The van der Waals surface area contributed by atoms with Crippen LogP contribution in [-0.4, -0.2) is 9.97 Å². The monoisotopic (exact) mass is 269 g/mol. The molecule has 0 atom stereocenters. The fourth-order valence-electron chi connectivity index (χ4n) is 2.70. The second-order valence-electron chi connectivity index (χ2n) is 4.94. The van der Waals surface area contributed by atoms with Crippen LogP contribution in [0, 0.1) is 11.3 Å². The van der Waals surface area contributed by atoms with E-state index < -0.39 is 0 Å². The maximum Gasteiger partial charge on any atom is 0.0991 e. The molecular formula is C18H11N3. The van der Waals surface area contributed by atoms with Crippen molar-refractivity contribution in [3.05, 3.63) is 66.4 Å². The standard InChI is InChI=1S/C18H11N3/c19-11-12-5-7-13(8-6-12)17-18-15(9-10-20-17)14-3-1-2-4-16(14)21-18/h1-10,21H. The number of rotatable bonds is 1. The molecule has 4 aromatic rings. The molecule has 0 saturated carbocycles. The highest BCUT2D eigenvalue weighted by molar-refractivity contribution is 6.10. The van der Waals surface area contributed by atoms with E-state index in [0.29, 0.717) is 5.56 Å². The van der Waals surface area contributed by atoms with Crippen molar-refractivity contribution in [1.82, 2.24) is 9.97 Å². The fraction of sp³-hybridized carbons (Fsp3) is 0. The highest BCUT2D eigenvalue weighted by Crippen LogP contribution is 2.31. The molecule has 0 unspecified atom stereocenters. The maximum atomic E-state index is 8.89. The Labute approximate surface area is 121 Å². The second-order valence-corrected chi connectivity index (χ2v) is 4.94. The summed E-state index contributed by atoms with van der Waals surface area (Å²) in [7, 11) is 0. The minimum absolute atomic E-state index is 0.655. The van der Waals surface area contributed by atoms with Gasteiger partial charge in [0.15, 0.2) is 0 Å². The highest BCUT2D eigenvalue weighted by Gasteiger charge is 2.10. The summed E-state index contributed by atoms with van der Waals surface area (Å²) in [6.45, 7) is 0. The Kier molecular flexibility index (Phi) is 2.48. The number of H-pyrrole nitrogens is 1. The minimum Gasteiger partial charge on any atom is -0.353 e. The van der Waals surface area contributed by atoms with E-state index >= 15 is 0 Å². The van der Waals surface area contributed by atoms with Gasteiger partial charge in [-0.3, -0.25) is 4.98 Å². The van der Waals surface area contributed by atoms with Crippen molar-refractivity contribution in [3.63, 3.8) is 0 Å². The lowest BCUT2D eigenvalue weighted by Gasteiger charge is -2.02. The quantitative estimate of drug-likeness (QED) is 0.561. The third-order valence-corrected chi connectivity index (χ3v) is 3.72. The summed E-state index contributed by atoms with van der Waals surface area (Å²) >= 11 is 0. The second kappa shape index (κ2) is 4.46. The van der Waals surface area contributed by atoms with E-state index in [0.717, 1.165) is 22.3 Å². The van der Waals surface area contributed by atoms with E-state index in [-0.39, 0.29) is 0 Å². The summed E-state index contributed by atoms with van der Waals surface area (Å²) in [5.41, 5.74) is 4.71. The molecule has 0 amide bonds. The zero-order valence-electron chi connectivity index (χ0n) is 11.2. The first kappa shape index (κ1) is 11.7. The van der Waals surface area contributed by atoms with Crippen molar-refractivity contribution in [2.24, 2.45) is 0 Å². The number of benzene rings is 2. The van der Waals surface area contributed by atoms with Gasteiger partial charge in [-0.2, -0.15) is 5.26 Å². The molecule has 2 aromatic heterocycles. The van der Waals surface area contributed by atoms with Gasteiger partial charge in [0.1, 0.15) is 0 Å². The lowest BCUT2D eigenvalue weighted by molar-refractivity contribution is 1.34. The Morgan fingerprint density at radius 1 is 0.905 bits per heavy atom. The number of nitrogens with one attached hydrogen (secondary N) is 1. The first-order valence-corrected chi connectivity index (χ1v) is 6.73. The van der Waals surface area contributed by atoms with Crippen LogP contribution in [0.5, 0.6) is 0 Å². The van der Waals surface area contributed by atoms with Crippen LogP contribution >= 0.6 is 0 Å². The van der Waals surface area contributed by atoms with Crippen molar-refractivity contribution in [1.29, 1.82) is 5.26 Å². The molecule has 98 valence electrons. The van der Waals surface area contributed by atoms with Gasteiger partial charge in [-0.05, 0) is 24.3 Å². The Morgan fingerprint density at radius 2 is 1.71 bits per heavy atom. The molecule has 0 fully saturated rings. The number of aromatic amines is 1. The molecule has 0 aliphatic rings. The van der Waals surface area contributed by atoms with Gasteiger partial charge in [-0.25, -0.2) is 0 Å². The van der Waals surface area contributed by atoms with Crippen LogP contribution in [0.15, 0.2) is 60.8 Å². The summed E-state index contributed by atoms with van der Waals surface area (Å²) in [5.74, 6) is 0. The van der Waals surface area contributed by atoms with E-state index in [2.05, 4.69) is 28.2 Å². The van der Waals surface area contributed by atoms with Crippen LogP contribution in [0.2, 0.25) is 0 Å². The van der Waals surface area contributed by atoms with Crippen molar-refractivity contribution in [2.45, 2.75) is 0 Å². The third-order valence-electron chi connectivity index (χ3n) is 3.72. The molecular weight excluding hydrogens is 258 g/mol. The molecule has 0 aliphatic heterocycles. The van der Waals surface area contributed by atoms with Gasteiger partial charge >= 0.3 is 0 Å². The zero-order chi connectivity index (χ0) is 14.2. The summed E-state index contributed by atoms with van der Waals surface area (Å²) in [6, 6.07) is 19.9. The third kappa shape index (κ3) is 1.78. The van der Waals surface area contributed by atoms with Gasteiger partial charge in [0.2, 0.25) is 0 Å². The molecule has 0 radical (unpaired) electrons. The normalized spacial score (nSPS) is 10.8. The predicted octanol–water partition coefficient (Wildman–Crippen LogP) is 4.25. The number of fused-ring (bicyclic) bond motifs is 3. The van der Waals surface area contributed by atoms with Crippen LogP contribution in [0.1, 0.15) is 5.56 Å². The van der Waals surface area contributed by atoms with Crippen molar-refractivity contribution >= 4 is 21.8 Å². The Balaban J connectivity index is 2.02. The average molecular weight is 269 g/mol. The largest absolute Gasteiger partial charge is 0.353 e. The lowest BCUT2D eigenvalue weighted by Crippen LogP contribution is -1.85. The number of pyridine rings is 1. The zero-order valence-corrected chi connectivity index (χ0v) is 11.2. The van der Waals surface area contributed by atoms with Crippen molar-refractivity contribution in [3.8, 4) is 17.3 Å². The fourth-order valence-corrected chi connectivity index (χ4v) is 2.70. The molecule has 21 heavy (non-hydrogen) atoms. The van der Waals surface area contributed by atoms with Crippen LogP contribution in [-0.2, 0) is 0 Å². The predicted molar refractivity (Wildman–Crippen MR) is 83.8 cm³/mol. The summed E-state index contributed by atoms with van der Waals surface area (Å²) in [5, 5.41) is 11.3. The number of aromatic nitrogens is 2. The van der Waals surface area contributed by atoms with Gasteiger partial charge in [-0.1, -0.05) is 30.3 Å². The van der Waals surface area contributed by atoms with Crippen LogP contribution in [0.25, 0.3) is 33.1 Å². The molecule has 0 spiro atoms. The van der Waals surface area contributed by atoms with Gasteiger partial charge in [-0.15, -0.1) is 0 Å². The molecule has 0 aliphatic carbocycles. The number of para-hydroxylation sites is 1. The minimum atomic E-state index is 0.655. The molecule has 4 rings (SSSR count). The molecule has 2 heterocycles. The van der Waals surface area contributed by atoms with Crippen LogP contribution < -0.4 is 0 Å². The number of hydrogen-bond acceptors (Lipinski definition) is 2. The molecule has 0 saturated heterocycles. The van der Waals surface area contributed by atoms with Gasteiger partial charge < -0.3 is 4.98 Å². The first-order chi connectivity index (χ1) is 10.4. The molecule has 1 N–H and O–H groups in total. The van der Waals surface area contributed by atoms with E-state index in [4.69, 9.17) is 5.26 Å². The SMILES string of the molecule is N#Cc1ccc(-c2nccc3c2[nH]c2ccccc23)cc1. The summed E-state index contributed by atoms with van der Waals surface area (Å²) in [4.78, 5) is 7.96. The van der Waals surface area contributed by atoms with Gasteiger partial charge in [0.25, 0.3) is 0 Å². The van der Waals surface area contributed by atoms with Gasteiger partial charge in [0, 0.05) is 28.0 Å². The molecule has 0 bridgehead atoms. The van der Waals surface area contributed by atoms with Crippen molar-refractivity contribution in [2.75, 3.05) is 0 Å². The molecule has 2 aromatic carbocycles. The molecule has 3 nitrogen and oxygen atoms in total.